The first-order chi connectivity index (χ1) is 9.88. The molecule has 0 atom stereocenters. The maximum atomic E-state index is 12.3. The first-order valence-electron chi connectivity index (χ1n) is 7.00. The summed E-state index contributed by atoms with van der Waals surface area (Å²) in [5.41, 5.74) is 2.79. The topological polar surface area (TPSA) is 70.6 Å². The van der Waals surface area contributed by atoms with Crippen LogP contribution in [0, 0.1) is 6.92 Å². The maximum absolute atomic E-state index is 12.3. The highest BCUT2D eigenvalue weighted by atomic mass is 32.2. The number of aryl methyl sites for hydroxylation is 2. The number of carbonyl (C=O) groups excluding carboxylic acids is 1. The summed E-state index contributed by atoms with van der Waals surface area (Å²) >= 11 is 1.58. The van der Waals surface area contributed by atoms with Gasteiger partial charge in [0.15, 0.2) is 0 Å². The Hall–Kier alpha value is -0.990. The van der Waals surface area contributed by atoms with Gasteiger partial charge in [-0.15, -0.1) is 11.3 Å². The molecule has 0 aliphatic carbocycles. The molecule has 0 aromatic carbocycles. The molecule has 21 heavy (non-hydrogen) atoms. The predicted octanol–water partition coefficient (Wildman–Crippen LogP) is 0.878. The fraction of sp³-hybridized carbons (Fsp3) is 0.692. The minimum absolute atomic E-state index is 0.0955. The molecule has 0 spiro atoms. The highest BCUT2D eigenvalue weighted by Gasteiger charge is 2.23. The fourth-order valence-corrected chi connectivity index (χ4v) is 4.07. The van der Waals surface area contributed by atoms with Crippen LogP contribution < -0.4 is 0 Å². The number of nitrogens with zero attached hydrogens (tertiary/aromatic N) is 3. The molecule has 0 saturated carbocycles. The van der Waals surface area contributed by atoms with Gasteiger partial charge in [0.2, 0.25) is 15.9 Å². The van der Waals surface area contributed by atoms with E-state index < -0.39 is 10.0 Å². The number of aromatic nitrogens is 1. The van der Waals surface area contributed by atoms with E-state index in [1.165, 1.54) is 10.6 Å². The van der Waals surface area contributed by atoms with E-state index in [0.717, 1.165) is 10.6 Å². The third-order valence-corrected chi connectivity index (χ3v) is 5.99. The quantitative estimate of drug-likeness (QED) is 0.821. The smallest absolute Gasteiger partial charge is 0.222 e. The average molecular weight is 331 g/mol. The highest BCUT2D eigenvalue weighted by Crippen LogP contribution is 2.15. The van der Waals surface area contributed by atoms with Crippen molar-refractivity contribution in [3.05, 3.63) is 16.1 Å². The molecule has 2 rings (SSSR count). The van der Waals surface area contributed by atoms with Crippen molar-refractivity contribution < 1.29 is 13.2 Å². The number of carbonyl (C=O) groups is 1. The van der Waals surface area contributed by atoms with E-state index in [4.69, 9.17) is 0 Å². The van der Waals surface area contributed by atoms with E-state index in [1.54, 1.807) is 21.7 Å². The van der Waals surface area contributed by atoms with Crippen molar-refractivity contribution in [1.29, 1.82) is 0 Å². The first-order valence-corrected chi connectivity index (χ1v) is 9.72. The molecule has 2 heterocycles. The van der Waals surface area contributed by atoms with Crippen molar-refractivity contribution in [3.63, 3.8) is 0 Å². The summed E-state index contributed by atoms with van der Waals surface area (Å²) in [6, 6.07) is 0. The van der Waals surface area contributed by atoms with Gasteiger partial charge in [0.25, 0.3) is 0 Å². The maximum Gasteiger partial charge on any atom is 0.222 e. The molecule has 0 unspecified atom stereocenters. The number of thiazole rings is 1. The third-order valence-electron chi connectivity index (χ3n) is 3.69. The molecule has 1 amide bonds. The van der Waals surface area contributed by atoms with Crippen LogP contribution >= 0.6 is 11.3 Å². The summed E-state index contributed by atoms with van der Waals surface area (Å²) in [6.07, 6.45) is 3.08. The van der Waals surface area contributed by atoms with Crippen LogP contribution in [0.25, 0.3) is 0 Å². The second-order valence-electron chi connectivity index (χ2n) is 5.26. The standard InChI is InChI=1S/C13H21N3O3S2/c1-11-12(20-10-14-11)4-5-13(17)15-6-3-7-16(9-8-15)21(2,18)19/h10H,3-9H2,1-2H3. The Morgan fingerprint density at radius 1 is 1.33 bits per heavy atom. The number of rotatable bonds is 4. The van der Waals surface area contributed by atoms with Crippen LogP contribution in [0.3, 0.4) is 0 Å². The Labute approximate surface area is 129 Å². The van der Waals surface area contributed by atoms with Gasteiger partial charge >= 0.3 is 0 Å². The number of amides is 1. The molecule has 118 valence electrons. The molecular formula is C13H21N3O3S2. The average Bonchev–Trinajstić information content (AvgIpc) is 2.66. The lowest BCUT2D eigenvalue weighted by molar-refractivity contribution is -0.131. The Morgan fingerprint density at radius 2 is 2.10 bits per heavy atom. The lowest BCUT2D eigenvalue weighted by Gasteiger charge is -2.21. The highest BCUT2D eigenvalue weighted by molar-refractivity contribution is 7.88. The van der Waals surface area contributed by atoms with E-state index in [2.05, 4.69) is 4.98 Å². The Bertz CT molecular complexity index is 598. The molecule has 8 heteroatoms. The van der Waals surface area contributed by atoms with Gasteiger partial charge in [-0.05, 0) is 19.8 Å². The fourth-order valence-electron chi connectivity index (χ4n) is 2.42. The van der Waals surface area contributed by atoms with Crippen molar-refractivity contribution in [2.24, 2.45) is 0 Å². The molecule has 1 aliphatic rings. The predicted molar refractivity (Wildman–Crippen MR) is 82.8 cm³/mol. The van der Waals surface area contributed by atoms with Crippen molar-refractivity contribution in [2.45, 2.75) is 26.2 Å². The van der Waals surface area contributed by atoms with Crippen LogP contribution in [0.4, 0.5) is 0 Å². The number of hydrogen-bond donors (Lipinski definition) is 0. The molecule has 1 aromatic heterocycles. The Morgan fingerprint density at radius 3 is 2.71 bits per heavy atom. The molecule has 6 nitrogen and oxygen atoms in total. The number of sulfonamides is 1. The second-order valence-corrected chi connectivity index (χ2v) is 8.18. The van der Waals surface area contributed by atoms with Crippen molar-refractivity contribution in [1.82, 2.24) is 14.2 Å². The van der Waals surface area contributed by atoms with E-state index in [-0.39, 0.29) is 5.91 Å². The molecule has 1 aromatic rings. The Balaban J connectivity index is 1.87. The third kappa shape index (κ3) is 4.49. The van der Waals surface area contributed by atoms with Crippen LogP contribution in [0.15, 0.2) is 5.51 Å². The van der Waals surface area contributed by atoms with Gasteiger partial charge in [-0.25, -0.2) is 17.7 Å². The van der Waals surface area contributed by atoms with Crippen LogP contribution in [0.1, 0.15) is 23.4 Å². The van der Waals surface area contributed by atoms with Crippen molar-refractivity contribution in [2.75, 3.05) is 32.4 Å². The van der Waals surface area contributed by atoms with Crippen LogP contribution in [0.2, 0.25) is 0 Å². The summed E-state index contributed by atoms with van der Waals surface area (Å²) in [5, 5.41) is 0. The molecule has 0 N–H and O–H groups in total. The van der Waals surface area contributed by atoms with Gasteiger partial charge in [-0.3, -0.25) is 4.79 Å². The molecule has 1 saturated heterocycles. The zero-order valence-corrected chi connectivity index (χ0v) is 14.0. The molecular weight excluding hydrogens is 310 g/mol. The summed E-state index contributed by atoms with van der Waals surface area (Å²) in [4.78, 5) is 19.4. The normalized spacial score (nSPS) is 17.7. The lowest BCUT2D eigenvalue weighted by Crippen LogP contribution is -2.37. The zero-order chi connectivity index (χ0) is 15.5. The van der Waals surface area contributed by atoms with Crippen LogP contribution in [-0.2, 0) is 21.2 Å². The molecule has 1 aliphatic heterocycles. The van der Waals surface area contributed by atoms with Gasteiger partial charge in [-0.2, -0.15) is 0 Å². The summed E-state index contributed by atoms with van der Waals surface area (Å²) in [7, 11) is -3.16. The van der Waals surface area contributed by atoms with Gasteiger partial charge in [0, 0.05) is 37.5 Å². The Kier molecular flexibility index (Phi) is 5.34. The molecule has 1 fully saturated rings. The first kappa shape index (κ1) is 16.4. The van der Waals surface area contributed by atoms with Gasteiger partial charge in [-0.1, -0.05) is 0 Å². The van der Waals surface area contributed by atoms with Crippen LogP contribution in [-0.4, -0.2) is 60.9 Å². The second kappa shape index (κ2) is 6.85. The SMILES string of the molecule is Cc1ncsc1CCC(=O)N1CCCN(S(C)(=O)=O)CC1. The van der Waals surface area contributed by atoms with Crippen molar-refractivity contribution in [3.8, 4) is 0 Å². The van der Waals surface area contributed by atoms with Crippen LogP contribution in [0.5, 0.6) is 0 Å². The summed E-state index contributed by atoms with van der Waals surface area (Å²) in [5.74, 6) is 0.0955. The van der Waals surface area contributed by atoms with E-state index in [0.29, 0.717) is 45.4 Å². The summed E-state index contributed by atoms with van der Waals surface area (Å²) < 4.78 is 24.6. The molecule has 0 bridgehead atoms. The van der Waals surface area contributed by atoms with Gasteiger partial charge in [0.1, 0.15) is 0 Å². The largest absolute Gasteiger partial charge is 0.341 e. The zero-order valence-electron chi connectivity index (χ0n) is 12.4. The van der Waals surface area contributed by atoms with E-state index >= 15 is 0 Å². The summed E-state index contributed by atoms with van der Waals surface area (Å²) in [6.45, 7) is 3.95. The monoisotopic (exact) mass is 331 g/mol. The lowest BCUT2D eigenvalue weighted by atomic mass is 10.2. The van der Waals surface area contributed by atoms with E-state index in [9.17, 15) is 13.2 Å². The minimum atomic E-state index is -3.16. The minimum Gasteiger partial charge on any atom is -0.341 e. The van der Waals surface area contributed by atoms with E-state index in [1.807, 2.05) is 6.92 Å². The van der Waals surface area contributed by atoms with Gasteiger partial charge in [0.05, 0.1) is 17.5 Å². The van der Waals surface area contributed by atoms with Crippen molar-refractivity contribution >= 4 is 27.3 Å². The molecule has 0 radical (unpaired) electrons. The van der Waals surface area contributed by atoms with Gasteiger partial charge < -0.3 is 4.90 Å². The number of hydrogen-bond acceptors (Lipinski definition) is 5.